The van der Waals surface area contributed by atoms with Gasteiger partial charge in [-0.2, -0.15) is 0 Å². The lowest BCUT2D eigenvalue weighted by molar-refractivity contribution is 0.184. The Morgan fingerprint density at radius 1 is 1.38 bits per heavy atom. The Hall–Kier alpha value is -0.340. The van der Waals surface area contributed by atoms with Crippen LogP contribution in [0.3, 0.4) is 0 Å². The first-order valence-electron chi connectivity index (χ1n) is 6.52. The van der Waals surface area contributed by atoms with E-state index >= 15 is 0 Å². The van der Waals surface area contributed by atoms with Gasteiger partial charge in [-0.25, -0.2) is 0 Å². The quantitative estimate of drug-likeness (QED) is 0.849. The molecule has 3 unspecified atom stereocenters. The topological polar surface area (TPSA) is 26.0 Å². The Bertz CT molecular complexity index is 294. The molecule has 1 aliphatic rings. The second kappa shape index (κ2) is 5.83. The molecule has 1 fully saturated rings. The van der Waals surface area contributed by atoms with Crippen LogP contribution in [0.4, 0.5) is 0 Å². The molecule has 3 atom stereocenters. The lowest BCUT2D eigenvalue weighted by Crippen LogP contribution is -2.29. The molecular formula is C14H23NS. The van der Waals surface area contributed by atoms with E-state index in [1.54, 1.807) is 0 Å². The molecule has 0 aromatic carbocycles. The molecule has 2 heteroatoms. The summed E-state index contributed by atoms with van der Waals surface area (Å²) in [5.74, 6) is 2.57. The van der Waals surface area contributed by atoms with Crippen molar-refractivity contribution in [3.8, 4) is 0 Å². The maximum Gasteiger partial charge on any atom is 0.00453 e. The van der Waals surface area contributed by atoms with Crippen molar-refractivity contribution in [2.45, 2.75) is 39.0 Å². The fraction of sp³-hybridized carbons (Fsp3) is 0.714. The van der Waals surface area contributed by atoms with Crippen molar-refractivity contribution >= 4 is 11.3 Å². The van der Waals surface area contributed by atoms with Gasteiger partial charge < -0.3 is 5.73 Å². The van der Waals surface area contributed by atoms with Gasteiger partial charge in [-0.15, -0.1) is 11.3 Å². The molecule has 0 amide bonds. The first kappa shape index (κ1) is 12.1. The van der Waals surface area contributed by atoms with Gasteiger partial charge in [-0.1, -0.05) is 19.4 Å². The molecule has 0 aliphatic heterocycles. The largest absolute Gasteiger partial charge is 0.330 e. The molecule has 1 heterocycles. The van der Waals surface area contributed by atoms with Gasteiger partial charge in [-0.3, -0.25) is 0 Å². The molecule has 1 saturated carbocycles. The van der Waals surface area contributed by atoms with Gasteiger partial charge in [-0.05, 0) is 61.4 Å². The molecule has 1 aliphatic carbocycles. The number of nitrogens with two attached hydrogens (primary N) is 1. The lowest BCUT2D eigenvalue weighted by Gasteiger charge is -2.34. The highest BCUT2D eigenvalue weighted by atomic mass is 32.1. The Labute approximate surface area is 103 Å². The van der Waals surface area contributed by atoms with Gasteiger partial charge in [0.2, 0.25) is 0 Å². The van der Waals surface area contributed by atoms with E-state index in [-0.39, 0.29) is 0 Å². The van der Waals surface area contributed by atoms with E-state index in [0.717, 1.165) is 24.3 Å². The number of hydrogen-bond acceptors (Lipinski definition) is 2. The Morgan fingerprint density at radius 2 is 2.25 bits per heavy atom. The standard InChI is InChI=1S/C14H23NS/c1-11-4-5-13(10-15)12(9-11)6-7-14-3-2-8-16-14/h2-3,8,11-13H,4-7,9-10,15H2,1H3. The minimum atomic E-state index is 0.788. The highest BCUT2D eigenvalue weighted by molar-refractivity contribution is 7.09. The van der Waals surface area contributed by atoms with Gasteiger partial charge in [0.15, 0.2) is 0 Å². The number of aryl methyl sites for hydroxylation is 1. The summed E-state index contributed by atoms with van der Waals surface area (Å²) in [4.78, 5) is 1.54. The molecule has 0 bridgehead atoms. The predicted octanol–water partition coefficient (Wildman–Crippen LogP) is 3.69. The fourth-order valence-electron chi connectivity index (χ4n) is 3.01. The van der Waals surface area contributed by atoms with Gasteiger partial charge in [0.05, 0.1) is 0 Å². The molecule has 0 spiro atoms. The van der Waals surface area contributed by atoms with Crippen LogP contribution < -0.4 is 5.73 Å². The smallest absolute Gasteiger partial charge is 0.00453 e. The van der Waals surface area contributed by atoms with E-state index in [1.165, 1.54) is 37.0 Å². The van der Waals surface area contributed by atoms with Crippen LogP contribution in [-0.4, -0.2) is 6.54 Å². The normalized spacial score (nSPS) is 30.5. The van der Waals surface area contributed by atoms with E-state index in [1.807, 2.05) is 11.3 Å². The monoisotopic (exact) mass is 237 g/mol. The fourth-order valence-corrected chi connectivity index (χ4v) is 3.73. The minimum Gasteiger partial charge on any atom is -0.330 e. The third kappa shape index (κ3) is 3.08. The zero-order chi connectivity index (χ0) is 11.4. The van der Waals surface area contributed by atoms with Crippen LogP contribution in [0.1, 0.15) is 37.5 Å². The van der Waals surface area contributed by atoms with E-state index in [0.29, 0.717) is 0 Å². The van der Waals surface area contributed by atoms with Crippen molar-refractivity contribution in [2.24, 2.45) is 23.5 Å². The highest BCUT2D eigenvalue weighted by Crippen LogP contribution is 2.36. The Morgan fingerprint density at radius 3 is 2.94 bits per heavy atom. The van der Waals surface area contributed by atoms with E-state index in [2.05, 4.69) is 24.4 Å². The Balaban J connectivity index is 1.85. The van der Waals surface area contributed by atoms with Crippen LogP contribution in [0.15, 0.2) is 17.5 Å². The molecule has 2 rings (SSSR count). The van der Waals surface area contributed by atoms with Crippen molar-refractivity contribution in [1.29, 1.82) is 0 Å². The van der Waals surface area contributed by atoms with Crippen LogP contribution >= 0.6 is 11.3 Å². The number of hydrogen-bond donors (Lipinski definition) is 1. The molecule has 1 aromatic heterocycles. The molecule has 0 saturated heterocycles. The van der Waals surface area contributed by atoms with E-state index in [9.17, 15) is 0 Å². The summed E-state index contributed by atoms with van der Waals surface area (Å²) in [6, 6.07) is 4.41. The average Bonchev–Trinajstić information content (AvgIpc) is 2.79. The summed E-state index contributed by atoms with van der Waals surface area (Å²) < 4.78 is 0. The van der Waals surface area contributed by atoms with Crippen molar-refractivity contribution in [3.63, 3.8) is 0 Å². The second-order valence-corrected chi connectivity index (χ2v) is 6.32. The average molecular weight is 237 g/mol. The van der Waals surface area contributed by atoms with Gasteiger partial charge in [0.25, 0.3) is 0 Å². The zero-order valence-corrected chi connectivity index (χ0v) is 11.0. The maximum atomic E-state index is 5.89. The van der Waals surface area contributed by atoms with Crippen LogP contribution in [0, 0.1) is 17.8 Å². The summed E-state index contributed by atoms with van der Waals surface area (Å²) in [5.41, 5.74) is 5.89. The first-order valence-corrected chi connectivity index (χ1v) is 7.40. The highest BCUT2D eigenvalue weighted by Gasteiger charge is 2.27. The van der Waals surface area contributed by atoms with Crippen molar-refractivity contribution in [2.75, 3.05) is 6.54 Å². The summed E-state index contributed by atoms with van der Waals surface area (Å²) in [6.45, 7) is 3.28. The summed E-state index contributed by atoms with van der Waals surface area (Å²) in [7, 11) is 0. The van der Waals surface area contributed by atoms with Crippen molar-refractivity contribution < 1.29 is 0 Å². The Kier molecular flexibility index (Phi) is 4.42. The number of thiophene rings is 1. The molecule has 16 heavy (non-hydrogen) atoms. The van der Waals surface area contributed by atoms with Crippen molar-refractivity contribution in [1.82, 2.24) is 0 Å². The molecule has 1 aromatic rings. The maximum absolute atomic E-state index is 5.89. The van der Waals surface area contributed by atoms with Crippen molar-refractivity contribution in [3.05, 3.63) is 22.4 Å². The zero-order valence-electron chi connectivity index (χ0n) is 10.2. The van der Waals surface area contributed by atoms with E-state index in [4.69, 9.17) is 5.73 Å². The summed E-state index contributed by atoms with van der Waals surface area (Å²) in [6.07, 6.45) is 6.73. The molecule has 1 nitrogen and oxygen atoms in total. The van der Waals surface area contributed by atoms with Gasteiger partial charge in [0.1, 0.15) is 0 Å². The molecular weight excluding hydrogens is 214 g/mol. The molecule has 2 N–H and O–H groups in total. The third-order valence-corrected chi connectivity index (χ3v) is 4.98. The van der Waals surface area contributed by atoms with Gasteiger partial charge >= 0.3 is 0 Å². The lowest BCUT2D eigenvalue weighted by atomic mass is 9.73. The van der Waals surface area contributed by atoms with Crippen LogP contribution in [0.5, 0.6) is 0 Å². The second-order valence-electron chi connectivity index (χ2n) is 5.29. The minimum absolute atomic E-state index is 0.788. The molecule has 90 valence electrons. The van der Waals surface area contributed by atoms with Gasteiger partial charge in [0, 0.05) is 4.88 Å². The number of rotatable bonds is 4. The van der Waals surface area contributed by atoms with Crippen LogP contribution in [0.25, 0.3) is 0 Å². The molecule has 0 radical (unpaired) electrons. The van der Waals surface area contributed by atoms with Crippen LogP contribution in [0.2, 0.25) is 0 Å². The predicted molar refractivity (Wildman–Crippen MR) is 71.7 cm³/mol. The van der Waals surface area contributed by atoms with Crippen LogP contribution in [-0.2, 0) is 6.42 Å². The first-order chi connectivity index (χ1) is 7.79. The SMILES string of the molecule is CC1CCC(CN)C(CCc2cccs2)C1. The summed E-state index contributed by atoms with van der Waals surface area (Å²) in [5, 5.41) is 2.18. The van der Waals surface area contributed by atoms with E-state index < -0.39 is 0 Å². The summed E-state index contributed by atoms with van der Waals surface area (Å²) >= 11 is 1.89. The third-order valence-electron chi connectivity index (χ3n) is 4.05.